The minimum absolute atomic E-state index is 0.117. The maximum Gasteiger partial charge on any atom is 0.318 e. The van der Waals surface area contributed by atoms with Gasteiger partial charge in [-0.15, -0.1) is 0 Å². The second kappa shape index (κ2) is 4.99. The van der Waals surface area contributed by atoms with E-state index >= 15 is 0 Å². The lowest BCUT2D eigenvalue weighted by atomic mass is 10.0. The fraction of sp³-hybridized carbons (Fsp3) is 0.385. The van der Waals surface area contributed by atoms with Crippen LogP contribution in [0.3, 0.4) is 0 Å². The lowest BCUT2D eigenvalue weighted by molar-refractivity contribution is -0.146. The first-order chi connectivity index (χ1) is 8.20. The van der Waals surface area contributed by atoms with Crippen LogP contribution < -0.4 is 5.32 Å². The van der Waals surface area contributed by atoms with Crippen LogP contribution in [0.15, 0.2) is 30.3 Å². The van der Waals surface area contributed by atoms with Gasteiger partial charge in [-0.1, -0.05) is 25.1 Å². The molecule has 1 heterocycles. The van der Waals surface area contributed by atoms with Gasteiger partial charge in [0.15, 0.2) is 0 Å². The van der Waals surface area contributed by atoms with Crippen molar-refractivity contribution in [3.8, 4) is 0 Å². The van der Waals surface area contributed by atoms with Gasteiger partial charge >= 0.3 is 5.97 Å². The lowest BCUT2D eigenvalue weighted by Gasteiger charge is -2.07. The van der Waals surface area contributed by atoms with Crippen LogP contribution in [0.25, 0.3) is 0 Å². The Labute approximate surface area is 100.0 Å². The van der Waals surface area contributed by atoms with Crippen molar-refractivity contribution < 1.29 is 14.3 Å². The average molecular weight is 233 g/mol. The molecular weight excluding hydrogens is 218 g/mol. The maximum absolute atomic E-state index is 11.9. The highest BCUT2D eigenvalue weighted by atomic mass is 16.6. The van der Waals surface area contributed by atoms with Crippen LogP contribution in [0.5, 0.6) is 0 Å². The second-order valence-electron chi connectivity index (χ2n) is 4.11. The summed E-state index contributed by atoms with van der Waals surface area (Å²) in [4.78, 5) is 23.4. The van der Waals surface area contributed by atoms with E-state index in [0.29, 0.717) is 12.1 Å². The summed E-state index contributed by atoms with van der Waals surface area (Å²) in [6.45, 7) is 1.94. The molecule has 1 aromatic rings. The van der Waals surface area contributed by atoms with Gasteiger partial charge in [-0.3, -0.25) is 9.59 Å². The zero-order valence-corrected chi connectivity index (χ0v) is 9.68. The summed E-state index contributed by atoms with van der Waals surface area (Å²) in [6.07, 6.45) is 1.11. The predicted octanol–water partition coefficient (Wildman–Crippen LogP) is 1.97. The average Bonchev–Trinajstić information content (AvgIpc) is 2.72. The van der Waals surface area contributed by atoms with E-state index in [1.165, 1.54) is 0 Å². The molecule has 0 saturated carbocycles. The van der Waals surface area contributed by atoms with E-state index in [0.717, 1.165) is 6.42 Å². The monoisotopic (exact) mass is 233 g/mol. The predicted molar refractivity (Wildman–Crippen MR) is 63.3 cm³/mol. The number of nitrogens with one attached hydrogen (secondary N) is 1. The maximum atomic E-state index is 11.9. The molecule has 1 aliphatic heterocycles. The number of rotatable bonds is 3. The number of amides is 1. The first-order valence-electron chi connectivity index (χ1n) is 5.77. The van der Waals surface area contributed by atoms with Gasteiger partial charge in [0.05, 0.1) is 0 Å². The fourth-order valence-electron chi connectivity index (χ4n) is 1.87. The molecule has 4 nitrogen and oxygen atoms in total. The minimum atomic E-state index is -0.667. The molecule has 1 saturated heterocycles. The van der Waals surface area contributed by atoms with E-state index in [1.807, 2.05) is 25.1 Å². The molecule has 1 aromatic carbocycles. The van der Waals surface area contributed by atoms with Gasteiger partial charge < -0.3 is 10.1 Å². The molecule has 2 rings (SSSR count). The number of carbonyl (C=O) groups excluding carboxylic acids is 2. The molecule has 1 fully saturated rings. The summed E-state index contributed by atoms with van der Waals surface area (Å²) in [5, 5.41) is 2.72. The van der Waals surface area contributed by atoms with Crippen molar-refractivity contribution in [2.75, 3.05) is 5.32 Å². The zero-order chi connectivity index (χ0) is 12.3. The fourth-order valence-corrected chi connectivity index (χ4v) is 1.87. The third-order valence-corrected chi connectivity index (χ3v) is 2.88. The Kier molecular flexibility index (Phi) is 3.42. The van der Waals surface area contributed by atoms with E-state index < -0.39 is 11.9 Å². The number of carbonyl (C=O) groups is 2. The molecule has 0 bridgehead atoms. The summed E-state index contributed by atoms with van der Waals surface area (Å²) in [7, 11) is 0. The van der Waals surface area contributed by atoms with Gasteiger partial charge in [0.1, 0.15) is 12.0 Å². The van der Waals surface area contributed by atoms with Crippen molar-refractivity contribution in [3.05, 3.63) is 30.3 Å². The summed E-state index contributed by atoms with van der Waals surface area (Å²) in [6, 6.07) is 9.10. The highest BCUT2D eigenvalue weighted by Gasteiger charge is 2.38. The second-order valence-corrected chi connectivity index (χ2v) is 4.11. The van der Waals surface area contributed by atoms with Crippen LogP contribution in [0.2, 0.25) is 0 Å². The Bertz CT molecular complexity index is 416. The van der Waals surface area contributed by atoms with Crippen molar-refractivity contribution in [1.29, 1.82) is 0 Å². The Hall–Kier alpha value is -1.84. The van der Waals surface area contributed by atoms with Crippen molar-refractivity contribution in [2.24, 2.45) is 5.92 Å². The van der Waals surface area contributed by atoms with Crippen LogP contribution in [-0.4, -0.2) is 18.0 Å². The smallest absolute Gasteiger partial charge is 0.318 e. The standard InChI is InChI=1S/C13H15NO3/c1-2-10-8-11(13(16)17-10)12(15)14-9-6-4-3-5-7-9/h3-7,10-11H,2,8H2,1H3,(H,14,15)/t10-,11-/m1/s1. The van der Waals surface area contributed by atoms with E-state index in [2.05, 4.69) is 5.32 Å². The molecule has 0 spiro atoms. The van der Waals surface area contributed by atoms with E-state index in [9.17, 15) is 9.59 Å². The summed E-state index contributed by atoms with van der Waals surface area (Å²) in [5.41, 5.74) is 0.699. The quantitative estimate of drug-likeness (QED) is 0.641. The normalized spacial score (nSPS) is 23.2. The topological polar surface area (TPSA) is 55.4 Å². The molecule has 1 amide bonds. The number of anilines is 1. The molecule has 0 aliphatic carbocycles. The molecule has 0 aromatic heterocycles. The van der Waals surface area contributed by atoms with E-state index in [-0.39, 0.29) is 12.0 Å². The van der Waals surface area contributed by atoms with Gasteiger partial charge in [0.25, 0.3) is 0 Å². The summed E-state index contributed by atoms with van der Waals surface area (Å²) >= 11 is 0. The highest BCUT2D eigenvalue weighted by Crippen LogP contribution is 2.24. The number of cyclic esters (lactones) is 1. The number of para-hydroxylation sites is 1. The van der Waals surface area contributed by atoms with Gasteiger partial charge in [-0.2, -0.15) is 0 Å². The van der Waals surface area contributed by atoms with Crippen LogP contribution in [0.1, 0.15) is 19.8 Å². The molecule has 2 atom stereocenters. The minimum Gasteiger partial charge on any atom is -0.462 e. The third kappa shape index (κ3) is 2.64. The van der Waals surface area contributed by atoms with Crippen LogP contribution in [0, 0.1) is 5.92 Å². The van der Waals surface area contributed by atoms with Gasteiger partial charge in [-0.05, 0) is 18.6 Å². The van der Waals surface area contributed by atoms with Crippen LogP contribution >= 0.6 is 0 Å². The van der Waals surface area contributed by atoms with Crippen molar-refractivity contribution in [1.82, 2.24) is 0 Å². The number of hydrogen-bond donors (Lipinski definition) is 1. The van der Waals surface area contributed by atoms with Crippen LogP contribution in [0.4, 0.5) is 5.69 Å². The van der Waals surface area contributed by atoms with Gasteiger partial charge in [0, 0.05) is 12.1 Å². The van der Waals surface area contributed by atoms with Crippen molar-refractivity contribution in [2.45, 2.75) is 25.9 Å². The van der Waals surface area contributed by atoms with Gasteiger partial charge in [-0.25, -0.2) is 0 Å². The molecule has 90 valence electrons. The Morgan fingerprint density at radius 1 is 1.41 bits per heavy atom. The molecule has 1 N–H and O–H groups in total. The number of ether oxygens (including phenoxy) is 1. The molecule has 1 aliphatic rings. The number of benzene rings is 1. The SMILES string of the molecule is CC[C@@H]1C[C@H](C(=O)Nc2ccccc2)C(=O)O1. The van der Waals surface area contributed by atoms with Crippen molar-refractivity contribution >= 4 is 17.6 Å². The molecule has 0 unspecified atom stereocenters. The lowest BCUT2D eigenvalue weighted by Crippen LogP contribution is -2.26. The molecular formula is C13H15NO3. The third-order valence-electron chi connectivity index (χ3n) is 2.88. The molecule has 17 heavy (non-hydrogen) atoms. The summed E-state index contributed by atoms with van der Waals surface area (Å²) < 4.78 is 5.08. The first-order valence-corrected chi connectivity index (χ1v) is 5.77. The van der Waals surface area contributed by atoms with Crippen LogP contribution in [-0.2, 0) is 14.3 Å². The Morgan fingerprint density at radius 3 is 2.71 bits per heavy atom. The van der Waals surface area contributed by atoms with E-state index in [4.69, 9.17) is 4.74 Å². The van der Waals surface area contributed by atoms with Crippen molar-refractivity contribution in [3.63, 3.8) is 0 Å². The highest BCUT2D eigenvalue weighted by molar-refractivity contribution is 6.05. The van der Waals surface area contributed by atoms with Gasteiger partial charge in [0.2, 0.25) is 5.91 Å². The largest absolute Gasteiger partial charge is 0.462 e. The Balaban J connectivity index is 1.99. The number of hydrogen-bond acceptors (Lipinski definition) is 3. The summed E-state index contributed by atoms with van der Waals surface area (Å²) in [5.74, 6) is -1.36. The molecule has 4 heteroatoms. The Morgan fingerprint density at radius 2 is 2.12 bits per heavy atom. The first kappa shape index (κ1) is 11.6. The van der Waals surface area contributed by atoms with E-state index in [1.54, 1.807) is 12.1 Å². The number of esters is 1. The molecule has 0 radical (unpaired) electrons. The zero-order valence-electron chi connectivity index (χ0n) is 9.68.